The Morgan fingerprint density at radius 2 is 1.52 bits per heavy atom. The number of carboxylic acid groups (broad SMARTS) is 1. The molecule has 9 nitrogen and oxygen atoms in total. The highest BCUT2D eigenvalue weighted by Gasteiger charge is 2.39. The molecule has 0 aromatic heterocycles. The molecule has 1 heterocycles. The second-order valence-electron chi connectivity index (χ2n) is 9.52. The molecule has 2 aliphatic rings. The van der Waals surface area contributed by atoms with Crippen molar-refractivity contribution >= 4 is 33.5 Å². The standard InChI is InChI=1S/C24H28FN3O4S.C2HF3O2/c25-20-8-4-5-9-21(20)33(31,32)28-23(29)17-10-12-18(13-11-17)27-24(30)22-19(14-15-26-22)16-6-2-1-3-7-16;3-2(4,5)1(6)7/h4-5,8-13,16,19,22,26H,1-3,6-7,14-15H2,(H,27,30)(H,28,29);(H,6,7)/t19-,22-;/m0./s1. The molecular weight excluding hydrogens is 558 g/mol. The summed E-state index contributed by atoms with van der Waals surface area (Å²) in [4.78, 5) is 33.6. The van der Waals surface area contributed by atoms with Crippen molar-refractivity contribution in [1.82, 2.24) is 10.0 Å². The number of carbonyl (C=O) groups is 3. The molecule has 2 aromatic carbocycles. The molecule has 2 atom stereocenters. The molecule has 1 saturated heterocycles. The molecule has 2 fully saturated rings. The number of nitrogens with one attached hydrogen (secondary N) is 3. The summed E-state index contributed by atoms with van der Waals surface area (Å²) >= 11 is 0. The van der Waals surface area contributed by atoms with Gasteiger partial charge in [0.25, 0.3) is 15.9 Å². The molecule has 218 valence electrons. The van der Waals surface area contributed by atoms with Crippen LogP contribution in [0.3, 0.4) is 0 Å². The Morgan fingerprint density at radius 1 is 0.925 bits per heavy atom. The first-order chi connectivity index (χ1) is 18.8. The normalized spacial score (nSPS) is 19.7. The van der Waals surface area contributed by atoms with Crippen LogP contribution in [0.4, 0.5) is 23.2 Å². The van der Waals surface area contributed by atoms with E-state index < -0.39 is 38.8 Å². The minimum Gasteiger partial charge on any atom is -0.475 e. The van der Waals surface area contributed by atoms with Gasteiger partial charge in [0.2, 0.25) is 5.91 Å². The number of benzene rings is 2. The first kappa shape index (κ1) is 31.0. The zero-order valence-corrected chi connectivity index (χ0v) is 22.0. The molecule has 0 radical (unpaired) electrons. The maximum atomic E-state index is 13.8. The SMILES string of the molecule is O=C(NS(=O)(=O)c1ccccc1F)c1ccc(NC(=O)[C@H]2NCC[C@H]2C2CCCCC2)cc1.O=C(O)C(F)(F)F. The maximum Gasteiger partial charge on any atom is 0.490 e. The zero-order valence-electron chi connectivity index (χ0n) is 21.2. The molecular formula is C26H29F4N3O6S. The quantitative estimate of drug-likeness (QED) is 0.373. The number of hydrogen-bond donors (Lipinski definition) is 4. The highest BCUT2D eigenvalue weighted by atomic mass is 32.2. The van der Waals surface area contributed by atoms with Gasteiger partial charge in [-0.15, -0.1) is 0 Å². The van der Waals surface area contributed by atoms with Gasteiger partial charge in [-0.05, 0) is 61.2 Å². The fourth-order valence-corrected chi connectivity index (χ4v) is 5.96. The number of sulfonamides is 1. The number of carbonyl (C=O) groups excluding carboxylic acids is 2. The van der Waals surface area contributed by atoms with Gasteiger partial charge < -0.3 is 15.7 Å². The van der Waals surface area contributed by atoms with Crippen molar-refractivity contribution in [2.24, 2.45) is 11.8 Å². The van der Waals surface area contributed by atoms with Crippen LogP contribution < -0.4 is 15.4 Å². The molecule has 0 bridgehead atoms. The number of anilines is 1. The van der Waals surface area contributed by atoms with Crippen LogP contribution in [-0.2, 0) is 19.6 Å². The van der Waals surface area contributed by atoms with E-state index in [1.807, 2.05) is 4.72 Å². The molecule has 4 rings (SSSR count). The molecule has 0 spiro atoms. The molecule has 14 heteroatoms. The van der Waals surface area contributed by atoms with E-state index in [1.165, 1.54) is 56.4 Å². The summed E-state index contributed by atoms with van der Waals surface area (Å²) < 4.78 is 72.1. The van der Waals surface area contributed by atoms with Crippen LogP contribution in [0.25, 0.3) is 0 Å². The number of rotatable bonds is 6. The Kier molecular flexibility index (Phi) is 10.3. The van der Waals surface area contributed by atoms with E-state index >= 15 is 0 Å². The average molecular weight is 588 g/mol. The monoisotopic (exact) mass is 587 g/mol. The third-order valence-corrected chi connectivity index (χ3v) is 8.18. The van der Waals surface area contributed by atoms with Gasteiger partial charge in [0.1, 0.15) is 10.7 Å². The second-order valence-corrected chi connectivity index (χ2v) is 11.2. The number of aliphatic carboxylic acids is 1. The molecule has 1 aliphatic carbocycles. The van der Waals surface area contributed by atoms with Gasteiger partial charge in [0, 0.05) is 11.3 Å². The highest BCUT2D eigenvalue weighted by molar-refractivity contribution is 7.90. The summed E-state index contributed by atoms with van der Waals surface area (Å²) in [5, 5.41) is 13.4. The van der Waals surface area contributed by atoms with E-state index in [1.54, 1.807) is 12.1 Å². The summed E-state index contributed by atoms with van der Waals surface area (Å²) in [6.45, 7) is 0.828. The van der Waals surface area contributed by atoms with E-state index in [9.17, 15) is 35.6 Å². The van der Waals surface area contributed by atoms with Crippen molar-refractivity contribution in [3.8, 4) is 0 Å². The van der Waals surface area contributed by atoms with Gasteiger partial charge in [-0.25, -0.2) is 22.3 Å². The van der Waals surface area contributed by atoms with Gasteiger partial charge in [0.05, 0.1) is 6.04 Å². The van der Waals surface area contributed by atoms with Crippen LogP contribution >= 0.6 is 0 Å². The molecule has 40 heavy (non-hydrogen) atoms. The molecule has 1 saturated carbocycles. The highest BCUT2D eigenvalue weighted by Crippen LogP contribution is 2.36. The third kappa shape index (κ3) is 8.24. The van der Waals surface area contributed by atoms with Gasteiger partial charge in [-0.2, -0.15) is 13.2 Å². The predicted molar refractivity (Wildman–Crippen MR) is 136 cm³/mol. The van der Waals surface area contributed by atoms with E-state index in [0.29, 0.717) is 17.5 Å². The Labute approximate surface area is 228 Å². The Morgan fingerprint density at radius 3 is 2.10 bits per heavy atom. The Hall–Kier alpha value is -3.52. The van der Waals surface area contributed by atoms with E-state index in [-0.39, 0.29) is 17.5 Å². The number of carboxylic acids is 1. The summed E-state index contributed by atoms with van der Waals surface area (Å²) in [6.07, 6.45) is 2.00. The van der Waals surface area contributed by atoms with Crippen molar-refractivity contribution in [1.29, 1.82) is 0 Å². The van der Waals surface area contributed by atoms with E-state index in [2.05, 4.69) is 10.6 Å². The lowest BCUT2D eigenvalue weighted by Crippen LogP contribution is -2.42. The molecule has 1 aliphatic heterocycles. The topological polar surface area (TPSA) is 142 Å². The minimum absolute atomic E-state index is 0.0759. The Balaban J connectivity index is 0.000000559. The smallest absolute Gasteiger partial charge is 0.475 e. The van der Waals surface area contributed by atoms with Crippen LogP contribution in [0.15, 0.2) is 53.4 Å². The molecule has 2 aromatic rings. The lowest BCUT2D eigenvalue weighted by molar-refractivity contribution is -0.192. The van der Waals surface area contributed by atoms with Gasteiger partial charge in [-0.3, -0.25) is 9.59 Å². The zero-order chi connectivity index (χ0) is 29.5. The largest absolute Gasteiger partial charge is 0.490 e. The van der Waals surface area contributed by atoms with Gasteiger partial charge in [-0.1, -0.05) is 44.2 Å². The maximum absolute atomic E-state index is 13.8. The summed E-state index contributed by atoms with van der Waals surface area (Å²) in [5.41, 5.74) is 0.594. The summed E-state index contributed by atoms with van der Waals surface area (Å²) in [6, 6.07) is 10.5. The first-order valence-electron chi connectivity index (χ1n) is 12.6. The van der Waals surface area contributed by atoms with Crippen molar-refractivity contribution in [2.75, 3.05) is 11.9 Å². The third-order valence-electron chi connectivity index (χ3n) is 6.82. The fourth-order valence-electron chi connectivity index (χ4n) is 4.90. The summed E-state index contributed by atoms with van der Waals surface area (Å²) in [5.74, 6) is -3.77. The van der Waals surface area contributed by atoms with Crippen LogP contribution in [0.2, 0.25) is 0 Å². The van der Waals surface area contributed by atoms with E-state index in [0.717, 1.165) is 25.1 Å². The lowest BCUT2D eigenvalue weighted by atomic mass is 9.76. The number of amides is 2. The van der Waals surface area contributed by atoms with Crippen LogP contribution in [-0.4, -0.2) is 50.1 Å². The summed E-state index contributed by atoms with van der Waals surface area (Å²) in [7, 11) is -4.35. The van der Waals surface area contributed by atoms with Crippen LogP contribution in [0.1, 0.15) is 48.9 Å². The van der Waals surface area contributed by atoms with Crippen molar-refractivity contribution < 1.29 is 45.5 Å². The minimum atomic E-state index is -5.08. The molecule has 4 N–H and O–H groups in total. The van der Waals surface area contributed by atoms with E-state index in [4.69, 9.17) is 9.90 Å². The second kappa shape index (κ2) is 13.2. The Bertz CT molecular complexity index is 1310. The van der Waals surface area contributed by atoms with Crippen molar-refractivity contribution in [2.45, 2.75) is 55.6 Å². The molecule has 0 unspecified atom stereocenters. The number of halogens is 4. The molecule has 2 amide bonds. The number of hydrogen-bond acceptors (Lipinski definition) is 6. The fraction of sp³-hybridized carbons (Fsp3) is 0.423. The number of alkyl halides is 3. The first-order valence-corrected chi connectivity index (χ1v) is 14.0. The van der Waals surface area contributed by atoms with Gasteiger partial charge in [0.15, 0.2) is 0 Å². The van der Waals surface area contributed by atoms with Crippen molar-refractivity contribution in [3.63, 3.8) is 0 Å². The van der Waals surface area contributed by atoms with Gasteiger partial charge >= 0.3 is 12.1 Å². The average Bonchev–Trinajstić information content (AvgIpc) is 3.40. The lowest BCUT2D eigenvalue weighted by Gasteiger charge is -2.30. The van der Waals surface area contributed by atoms with Crippen LogP contribution in [0.5, 0.6) is 0 Å². The predicted octanol–water partition coefficient (Wildman–Crippen LogP) is 4.07. The van der Waals surface area contributed by atoms with Crippen LogP contribution in [0, 0.1) is 17.7 Å². The van der Waals surface area contributed by atoms with Crippen molar-refractivity contribution in [3.05, 3.63) is 59.9 Å².